The van der Waals surface area contributed by atoms with Crippen molar-refractivity contribution in [2.75, 3.05) is 5.32 Å². The standard InChI is InChI=1S/C23H20Cl2N4O/c24-15-8-7-13(11-16(15)25)26-23-21-20(14-3-1-2-4-17(14)27-23)28-22(29-21)12-5-9-18-19(30-18)10-6-12/h1-4,7-8,11-12,18-19H,5-6,9-10H2,(H,26,27)(H,28,29)/t12?,18-,19+. The molecule has 1 saturated carbocycles. The Bertz CT molecular complexity index is 1260. The maximum atomic E-state index is 6.21. The van der Waals surface area contributed by atoms with Crippen molar-refractivity contribution in [1.29, 1.82) is 0 Å². The van der Waals surface area contributed by atoms with Crippen LogP contribution in [0.2, 0.25) is 10.0 Å². The Morgan fingerprint density at radius 3 is 2.53 bits per heavy atom. The number of nitrogens with zero attached hydrogens (tertiary/aromatic N) is 2. The zero-order valence-corrected chi connectivity index (χ0v) is 17.7. The lowest BCUT2D eigenvalue weighted by Gasteiger charge is -2.11. The fraction of sp³-hybridized carbons (Fsp3) is 0.304. The number of nitrogens with one attached hydrogen (secondary N) is 2. The van der Waals surface area contributed by atoms with E-state index in [1.807, 2.05) is 24.3 Å². The first-order valence-electron chi connectivity index (χ1n) is 10.3. The Morgan fingerprint density at radius 1 is 0.933 bits per heavy atom. The van der Waals surface area contributed by atoms with Crippen LogP contribution in [0.1, 0.15) is 37.4 Å². The predicted octanol–water partition coefficient (Wildman–Crippen LogP) is 6.59. The van der Waals surface area contributed by atoms with E-state index < -0.39 is 0 Å². The SMILES string of the molecule is Clc1ccc(Nc2nc3ccccc3c3nc(C4CC[C@@H]5O[C@@H]5CC4)[nH]c23)cc1Cl. The van der Waals surface area contributed by atoms with Crippen molar-refractivity contribution < 1.29 is 4.74 Å². The van der Waals surface area contributed by atoms with E-state index in [1.54, 1.807) is 12.1 Å². The number of hydrogen-bond acceptors (Lipinski definition) is 4. The molecule has 0 spiro atoms. The number of para-hydroxylation sites is 1. The fourth-order valence-corrected chi connectivity index (χ4v) is 4.83. The van der Waals surface area contributed by atoms with Crippen LogP contribution in [-0.2, 0) is 4.74 Å². The molecule has 4 aromatic rings. The Kier molecular flexibility index (Phi) is 4.37. The quantitative estimate of drug-likeness (QED) is 0.354. The average molecular weight is 439 g/mol. The van der Waals surface area contributed by atoms with Crippen LogP contribution in [0.4, 0.5) is 11.5 Å². The Balaban J connectivity index is 1.45. The van der Waals surface area contributed by atoms with Gasteiger partial charge in [-0.3, -0.25) is 0 Å². The molecule has 7 heteroatoms. The van der Waals surface area contributed by atoms with Crippen LogP contribution in [0.15, 0.2) is 42.5 Å². The van der Waals surface area contributed by atoms with E-state index >= 15 is 0 Å². The second kappa shape index (κ2) is 7.12. The number of aromatic amines is 1. The van der Waals surface area contributed by atoms with Crippen molar-refractivity contribution in [2.45, 2.75) is 43.8 Å². The number of imidazole rings is 1. The Morgan fingerprint density at radius 2 is 1.73 bits per heavy atom. The summed E-state index contributed by atoms with van der Waals surface area (Å²) in [5, 5.41) is 5.48. The summed E-state index contributed by atoms with van der Waals surface area (Å²) in [5.41, 5.74) is 3.60. The highest BCUT2D eigenvalue weighted by Gasteiger charge is 2.41. The lowest BCUT2D eigenvalue weighted by atomic mass is 9.99. The molecule has 30 heavy (non-hydrogen) atoms. The highest BCUT2D eigenvalue weighted by atomic mass is 35.5. The van der Waals surface area contributed by atoms with E-state index in [0.29, 0.717) is 28.2 Å². The number of aromatic nitrogens is 3. The van der Waals surface area contributed by atoms with Gasteiger partial charge in [-0.15, -0.1) is 0 Å². The van der Waals surface area contributed by atoms with Gasteiger partial charge in [-0.25, -0.2) is 9.97 Å². The van der Waals surface area contributed by atoms with Crippen molar-refractivity contribution >= 4 is 56.6 Å². The summed E-state index contributed by atoms with van der Waals surface area (Å²) in [6.45, 7) is 0. The number of benzene rings is 2. The summed E-state index contributed by atoms with van der Waals surface area (Å²) in [5.74, 6) is 2.20. The van der Waals surface area contributed by atoms with E-state index in [0.717, 1.165) is 64.9 Å². The van der Waals surface area contributed by atoms with E-state index in [9.17, 15) is 0 Å². The molecule has 0 amide bonds. The van der Waals surface area contributed by atoms with Crippen LogP contribution in [0.25, 0.3) is 21.9 Å². The number of ether oxygens (including phenoxy) is 1. The largest absolute Gasteiger partial charge is 0.370 e. The lowest BCUT2D eigenvalue weighted by Crippen LogP contribution is -2.01. The molecule has 5 nitrogen and oxygen atoms in total. The van der Waals surface area contributed by atoms with Crippen LogP contribution in [0.5, 0.6) is 0 Å². The van der Waals surface area contributed by atoms with E-state index in [-0.39, 0.29) is 0 Å². The molecule has 1 aliphatic carbocycles. The van der Waals surface area contributed by atoms with Gasteiger partial charge in [-0.05, 0) is 49.9 Å². The molecule has 2 fully saturated rings. The van der Waals surface area contributed by atoms with Crippen LogP contribution in [0.3, 0.4) is 0 Å². The van der Waals surface area contributed by atoms with Gasteiger partial charge in [0.1, 0.15) is 16.9 Å². The van der Waals surface area contributed by atoms with Crippen molar-refractivity contribution in [3.05, 3.63) is 58.3 Å². The third kappa shape index (κ3) is 3.22. The van der Waals surface area contributed by atoms with E-state index in [1.165, 1.54) is 0 Å². The maximum absolute atomic E-state index is 6.21. The van der Waals surface area contributed by atoms with Gasteiger partial charge in [0.2, 0.25) is 0 Å². The zero-order valence-electron chi connectivity index (χ0n) is 16.2. The van der Waals surface area contributed by atoms with Gasteiger partial charge in [-0.1, -0.05) is 41.4 Å². The Hall–Kier alpha value is -2.34. The first-order chi connectivity index (χ1) is 14.7. The third-order valence-electron chi connectivity index (χ3n) is 6.21. The van der Waals surface area contributed by atoms with Gasteiger partial charge >= 0.3 is 0 Å². The van der Waals surface area contributed by atoms with Crippen LogP contribution in [0, 0.1) is 0 Å². The first-order valence-corrected chi connectivity index (χ1v) is 11.1. The molecule has 1 aliphatic heterocycles. The van der Waals surface area contributed by atoms with Crippen molar-refractivity contribution in [3.8, 4) is 0 Å². The molecule has 1 saturated heterocycles. The third-order valence-corrected chi connectivity index (χ3v) is 6.95. The molecule has 0 radical (unpaired) electrons. The van der Waals surface area contributed by atoms with Crippen molar-refractivity contribution in [1.82, 2.24) is 15.0 Å². The molecule has 0 bridgehead atoms. The van der Waals surface area contributed by atoms with Gasteiger partial charge < -0.3 is 15.0 Å². The fourth-order valence-electron chi connectivity index (χ4n) is 4.54. The summed E-state index contributed by atoms with van der Waals surface area (Å²) in [6.07, 6.45) is 5.35. The second-order valence-corrected chi connectivity index (χ2v) is 8.96. The first kappa shape index (κ1) is 18.4. The van der Waals surface area contributed by atoms with Crippen LogP contribution >= 0.6 is 23.2 Å². The molecule has 1 unspecified atom stereocenters. The number of epoxide rings is 1. The second-order valence-electron chi connectivity index (χ2n) is 8.14. The van der Waals surface area contributed by atoms with Crippen LogP contribution in [-0.4, -0.2) is 27.2 Å². The van der Waals surface area contributed by atoms with Crippen molar-refractivity contribution in [2.24, 2.45) is 0 Å². The number of H-pyrrole nitrogens is 1. The minimum atomic E-state index is 0.422. The minimum absolute atomic E-state index is 0.422. The molecular weight excluding hydrogens is 419 g/mol. The van der Waals surface area contributed by atoms with Crippen molar-refractivity contribution in [3.63, 3.8) is 0 Å². The highest BCUT2D eigenvalue weighted by molar-refractivity contribution is 6.42. The van der Waals surface area contributed by atoms with Gasteiger partial charge in [0, 0.05) is 17.0 Å². The summed E-state index contributed by atoms with van der Waals surface area (Å²) < 4.78 is 5.69. The number of hydrogen-bond donors (Lipinski definition) is 2. The molecular formula is C23H20Cl2N4O. The highest BCUT2D eigenvalue weighted by Crippen LogP contribution is 2.41. The average Bonchev–Trinajstić information content (AvgIpc) is 3.39. The molecule has 152 valence electrons. The number of halogens is 2. The molecule has 3 heterocycles. The molecule has 3 atom stereocenters. The summed E-state index contributed by atoms with van der Waals surface area (Å²) in [4.78, 5) is 13.5. The number of fused-ring (bicyclic) bond motifs is 4. The maximum Gasteiger partial charge on any atom is 0.157 e. The Labute approximate surface area is 183 Å². The number of rotatable bonds is 3. The normalized spacial score (nSPS) is 23.3. The molecule has 2 aromatic heterocycles. The number of anilines is 2. The summed E-state index contributed by atoms with van der Waals surface area (Å²) >= 11 is 12.3. The lowest BCUT2D eigenvalue weighted by molar-refractivity contribution is 0.323. The number of pyridine rings is 1. The van der Waals surface area contributed by atoms with Crippen LogP contribution < -0.4 is 5.32 Å². The van der Waals surface area contributed by atoms with Gasteiger partial charge in [-0.2, -0.15) is 0 Å². The van der Waals surface area contributed by atoms with Gasteiger partial charge in [0.15, 0.2) is 5.82 Å². The minimum Gasteiger partial charge on any atom is -0.370 e. The zero-order chi connectivity index (χ0) is 20.2. The van der Waals surface area contributed by atoms with E-state index in [4.69, 9.17) is 37.9 Å². The summed E-state index contributed by atoms with van der Waals surface area (Å²) in [7, 11) is 0. The monoisotopic (exact) mass is 438 g/mol. The van der Waals surface area contributed by atoms with Gasteiger partial charge in [0.25, 0.3) is 0 Å². The summed E-state index contributed by atoms with van der Waals surface area (Å²) in [6, 6.07) is 13.6. The smallest absolute Gasteiger partial charge is 0.157 e. The van der Waals surface area contributed by atoms with E-state index in [2.05, 4.69) is 16.4 Å². The van der Waals surface area contributed by atoms with Gasteiger partial charge in [0.05, 0.1) is 27.8 Å². The predicted molar refractivity (Wildman–Crippen MR) is 121 cm³/mol. The molecule has 6 rings (SSSR count). The molecule has 2 aliphatic rings. The topological polar surface area (TPSA) is 66.1 Å². The molecule has 2 N–H and O–H groups in total. The molecule has 2 aromatic carbocycles.